The van der Waals surface area contributed by atoms with Crippen LogP contribution in [0.25, 0.3) is 0 Å². The van der Waals surface area contributed by atoms with Gasteiger partial charge in [0.15, 0.2) is 0 Å². The topological polar surface area (TPSA) is 60.9 Å². The molecule has 6 heteroatoms. The van der Waals surface area contributed by atoms with E-state index in [0.29, 0.717) is 29.8 Å². The third-order valence-corrected chi connectivity index (χ3v) is 4.92. The standard InChI is InChI=1S/C21H21FN2O3/c1-3-19(25)23(2)18-10-4-15(5-11-18)20(26)24-13-12-21(27,14-24)16-6-8-17(22)9-7-16/h3-11,27H,1,12-14H2,2H3. The number of likely N-dealkylation sites (tertiary alicyclic amines) is 1. The van der Waals surface area contributed by atoms with E-state index in [1.807, 2.05) is 0 Å². The van der Waals surface area contributed by atoms with Crippen LogP contribution in [0.2, 0.25) is 0 Å². The zero-order valence-electron chi connectivity index (χ0n) is 15.1. The minimum Gasteiger partial charge on any atom is -0.383 e. The molecule has 1 fully saturated rings. The number of nitrogens with zero attached hydrogens (tertiary/aromatic N) is 2. The Labute approximate surface area is 157 Å². The molecule has 27 heavy (non-hydrogen) atoms. The van der Waals surface area contributed by atoms with Crippen molar-refractivity contribution < 1.29 is 19.1 Å². The Morgan fingerprint density at radius 2 is 1.81 bits per heavy atom. The molecule has 140 valence electrons. The maximum Gasteiger partial charge on any atom is 0.253 e. The van der Waals surface area contributed by atoms with Gasteiger partial charge in [-0.3, -0.25) is 9.59 Å². The first-order chi connectivity index (χ1) is 12.8. The predicted octanol–water partition coefficient (Wildman–Crippen LogP) is 2.71. The summed E-state index contributed by atoms with van der Waals surface area (Å²) in [7, 11) is 1.63. The number of hydrogen-bond donors (Lipinski definition) is 1. The van der Waals surface area contributed by atoms with Gasteiger partial charge in [-0.25, -0.2) is 4.39 Å². The molecule has 0 aromatic heterocycles. The number of hydrogen-bond acceptors (Lipinski definition) is 3. The number of benzene rings is 2. The molecule has 0 saturated carbocycles. The summed E-state index contributed by atoms with van der Waals surface area (Å²) in [4.78, 5) is 27.4. The van der Waals surface area contributed by atoms with Gasteiger partial charge in [0.05, 0.1) is 6.54 Å². The highest BCUT2D eigenvalue weighted by molar-refractivity contribution is 6.01. The van der Waals surface area contributed by atoms with Gasteiger partial charge in [0.2, 0.25) is 5.91 Å². The van der Waals surface area contributed by atoms with Crippen LogP contribution < -0.4 is 4.90 Å². The summed E-state index contributed by atoms with van der Waals surface area (Å²) < 4.78 is 13.1. The highest BCUT2D eigenvalue weighted by atomic mass is 19.1. The molecule has 1 aliphatic heterocycles. The van der Waals surface area contributed by atoms with E-state index in [0.717, 1.165) is 0 Å². The molecule has 1 heterocycles. The number of amides is 2. The summed E-state index contributed by atoms with van der Waals surface area (Å²) in [6.45, 7) is 4.01. The van der Waals surface area contributed by atoms with Gasteiger partial charge in [-0.2, -0.15) is 0 Å². The smallest absolute Gasteiger partial charge is 0.253 e. The lowest BCUT2D eigenvalue weighted by Gasteiger charge is -2.24. The number of β-amino-alcohol motifs (C(OH)–C–C–N with tert-alkyl or cyclic N) is 1. The Morgan fingerprint density at radius 1 is 1.19 bits per heavy atom. The number of carbonyl (C=O) groups excluding carboxylic acids is 2. The van der Waals surface area contributed by atoms with Crippen molar-refractivity contribution in [1.29, 1.82) is 0 Å². The van der Waals surface area contributed by atoms with Crippen molar-refractivity contribution in [3.63, 3.8) is 0 Å². The van der Waals surface area contributed by atoms with E-state index in [-0.39, 0.29) is 24.2 Å². The Hall–Kier alpha value is -2.99. The Bertz CT molecular complexity index is 864. The summed E-state index contributed by atoms with van der Waals surface area (Å²) >= 11 is 0. The molecule has 1 aliphatic rings. The molecule has 1 N–H and O–H groups in total. The van der Waals surface area contributed by atoms with Gasteiger partial charge in [0.1, 0.15) is 11.4 Å². The molecule has 1 atom stereocenters. The van der Waals surface area contributed by atoms with E-state index in [4.69, 9.17) is 0 Å². The normalized spacial score (nSPS) is 19.0. The van der Waals surface area contributed by atoms with Gasteiger partial charge in [-0.05, 0) is 54.5 Å². The molecule has 3 rings (SSSR count). The van der Waals surface area contributed by atoms with Crippen LogP contribution in [0.15, 0.2) is 61.2 Å². The molecule has 2 aromatic carbocycles. The van der Waals surface area contributed by atoms with Gasteiger partial charge in [-0.15, -0.1) is 0 Å². The summed E-state index contributed by atoms with van der Waals surface area (Å²) in [6, 6.07) is 12.4. The van der Waals surface area contributed by atoms with Crippen LogP contribution in [0.3, 0.4) is 0 Å². The van der Waals surface area contributed by atoms with Crippen molar-refractivity contribution in [2.45, 2.75) is 12.0 Å². The minimum atomic E-state index is -1.18. The van der Waals surface area contributed by atoms with Crippen molar-refractivity contribution in [3.8, 4) is 0 Å². The molecule has 0 radical (unpaired) electrons. The summed E-state index contributed by atoms with van der Waals surface area (Å²) in [5, 5.41) is 10.9. The van der Waals surface area contributed by atoms with Gasteiger partial charge in [-0.1, -0.05) is 18.7 Å². The van der Waals surface area contributed by atoms with Crippen LogP contribution in [-0.4, -0.2) is 42.0 Å². The molecule has 0 bridgehead atoms. The molecule has 5 nitrogen and oxygen atoms in total. The maximum atomic E-state index is 13.1. The second kappa shape index (κ2) is 7.32. The third-order valence-electron chi connectivity index (χ3n) is 4.92. The second-order valence-corrected chi connectivity index (χ2v) is 6.66. The molecule has 1 saturated heterocycles. The van der Waals surface area contributed by atoms with Crippen molar-refractivity contribution in [2.75, 3.05) is 25.0 Å². The second-order valence-electron chi connectivity index (χ2n) is 6.66. The fourth-order valence-electron chi connectivity index (χ4n) is 3.24. The number of likely N-dealkylation sites (N-methyl/N-ethyl adjacent to an activating group) is 1. The van der Waals surface area contributed by atoms with Gasteiger partial charge in [0.25, 0.3) is 5.91 Å². The molecule has 0 aliphatic carbocycles. The summed E-state index contributed by atoms with van der Waals surface area (Å²) in [6.07, 6.45) is 1.61. The van der Waals surface area contributed by atoms with Gasteiger partial charge < -0.3 is 14.9 Å². The average Bonchev–Trinajstić information content (AvgIpc) is 3.10. The fraction of sp³-hybridized carbons (Fsp3) is 0.238. The van der Waals surface area contributed by atoms with Crippen molar-refractivity contribution >= 4 is 17.5 Å². The highest BCUT2D eigenvalue weighted by Gasteiger charge is 2.39. The van der Waals surface area contributed by atoms with Gasteiger partial charge >= 0.3 is 0 Å². The number of rotatable bonds is 4. The first kappa shape index (κ1) is 18.8. The molecule has 1 unspecified atom stereocenters. The Kier molecular flexibility index (Phi) is 5.10. The highest BCUT2D eigenvalue weighted by Crippen LogP contribution is 2.33. The lowest BCUT2D eigenvalue weighted by Crippen LogP contribution is -2.34. The minimum absolute atomic E-state index is 0.147. The Morgan fingerprint density at radius 3 is 2.41 bits per heavy atom. The van der Waals surface area contributed by atoms with Crippen molar-refractivity contribution in [3.05, 3.63) is 78.1 Å². The van der Waals surface area contributed by atoms with Crippen molar-refractivity contribution in [2.24, 2.45) is 0 Å². The van der Waals surface area contributed by atoms with Crippen LogP contribution in [0.5, 0.6) is 0 Å². The SMILES string of the molecule is C=CC(=O)N(C)c1ccc(C(=O)N2CCC(O)(c3ccc(F)cc3)C2)cc1. The lowest BCUT2D eigenvalue weighted by molar-refractivity contribution is -0.113. The van der Waals surface area contributed by atoms with Crippen LogP contribution in [0.1, 0.15) is 22.3 Å². The van der Waals surface area contributed by atoms with E-state index in [2.05, 4.69) is 6.58 Å². The number of carbonyl (C=O) groups is 2. The first-order valence-corrected chi connectivity index (χ1v) is 8.62. The van der Waals surface area contributed by atoms with Crippen LogP contribution >= 0.6 is 0 Å². The van der Waals surface area contributed by atoms with Crippen LogP contribution in [0, 0.1) is 5.82 Å². The number of anilines is 1. The number of halogens is 1. The molecule has 2 amide bonds. The lowest BCUT2D eigenvalue weighted by atomic mass is 9.93. The van der Waals surface area contributed by atoms with E-state index in [1.54, 1.807) is 48.3 Å². The van der Waals surface area contributed by atoms with E-state index in [1.165, 1.54) is 23.1 Å². The summed E-state index contributed by atoms with van der Waals surface area (Å²) in [5.74, 6) is -0.802. The Balaban J connectivity index is 1.72. The molecule has 0 spiro atoms. The predicted molar refractivity (Wildman–Crippen MR) is 101 cm³/mol. The molecular formula is C21H21FN2O3. The molecule has 2 aromatic rings. The van der Waals surface area contributed by atoms with Crippen molar-refractivity contribution in [1.82, 2.24) is 4.90 Å². The van der Waals surface area contributed by atoms with E-state index < -0.39 is 5.60 Å². The van der Waals surface area contributed by atoms with E-state index >= 15 is 0 Å². The zero-order valence-corrected chi connectivity index (χ0v) is 15.1. The largest absolute Gasteiger partial charge is 0.383 e. The quantitative estimate of drug-likeness (QED) is 0.844. The first-order valence-electron chi connectivity index (χ1n) is 8.62. The molecular weight excluding hydrogens is 347 g/mol. The fourth-order valence-corrected chi connectivity index (χ4v) is 3.24. The van der Waals surface area contributed by atoms with E-state index in [9.17, 15) is 19.1 Å². The van der Waals surface area contributed by atoms with Gasteiger partial charge in [0, 0.05) is 24.8 Å². The number of aliphatic hydroxyl groups is 1. The summed E-state index contributed by atoms with van der Waals surface area (Å²) in [5.41, 5.74) is 0.543. The van der Waals surface area contributed by atoms with Crippen LogP contribution in [-0.2, 0) is 10.4 Å². The third kappa shape index (κ3) is 3.75. The monoisotopic (exact) mass is 368 g/mol. The van der Waals surface area contributed by atoms with Crippen LogP contribution in [0.4, 0.5) is 10.1 Å². The maximum absolute atomic E-state index is 13.1. The average molecular weight is 368 g/mol. The zero-order chi connectivity index (χ0) is 19.6.